The first kappa shape index (κ1) is 65.1. The third kappa shape index (κ3) is 53.3. The molecule has 0 bridgehead atoms. The number of esters is 1. The molecule has 0 fully saturated rings. The van der Waals surface area contributed by atoms with E-state index >= 15 is 0 Å². The molecule has 67 heavy (non-hydrogen) atoms. The highest BCUT2D eigenvalue weighted by atomic mass is 16.5. The number of unbranched alkanes of at least 4 members (excludes halogenated alkanes) is 40. The van der Waals surface area contributed by atoms with Crippen molar-refractivity contribution in [2.24, 2.45) is 0 Å². The summed E-state index contributed by atoms with van der Waals surface area (Å²) in [5, 5.41) is 23.1. The summed E-state index contributed by atoms with van der Waals surface area (Å²) >= 11 is 0. The number of aliphatic hydroxyl groups excluding tert-OH is 2. The SMILES string of the molecule is CCCC/C=C\C/C=C\CCCCCCCC(=O)OCCCCCCCCCCCCCCCCCCCCCCC(=O)NC(CO)C(O)/C=C/CCCCCCCCCCCCCCCC. The van der Waals surface area contributed by atoms with E-state index in [1.807, 2.05) is 6.08 Å². The number of nitrogens with one attached hydrogen (secondary N) is 1. The Bertz CT molecular complexity index is 1090. The van der Waals surface area contributed by atoms with Crippen molar-refractivity contribution in [3.63, 3.8) is 0 Å². The van der Waals surface area contributed by atoms with E-state index in [0.717, 1.165) is 51.4 Å². The quantitative estimate of drug-likeness (QED) is 0.0321. The molecule has 0 radical (unpaired) electrons. The van der Waals surface area contributed by atoms with Gasteiger partial charge in [-0.25, -0.2) is 0 Å². The minimum absolute atomic E-state index is 0.00480. The van der Waals surface area contributed by atoms with Crippen LogP contribution >= 0.6 is 0 Å². The number of amides is 1. The maximum Gasteiger partial charge on any atom is 0.305 e. The molecule has 6 nitrogen and oxygen atoms in total. The number of rotatable bonds is 55. The maximum absolute atomic E-state index is 12.5. The zero-order chi connectivity index (χ0) is 48.6. The van der Waals surface area contributed by atoms with Crippen LogP contribution in [0.2, 0.25) is 0 Å². The Morgan fingerprint density at radius 2 is 0.761 bits per heavy atom. The van der Waals surface area contributed by atoms with Crippen LogP contribution < -0.4 is 5.32 Å². The fourth-order valence-corrected chi connectivity index (χ4v) is 9.06. The molecule has 0 heterocycles. The highest BCUT2D eigenvalue weighted by Gasteiger charge is 2.18. The summed E-state index contributed by atoms with van der Waals surface area (Å²) in [4.78, 5) is 24.5. The van der Waals surface area contributed by atoms with Gasteiger partial charge in [-0.3, -0.25) is 9.59 Å². The van der Waals surface area contributed by atoms with Gasteiger partial charge in [0.2, 0.25) is 5.91 Å². The van der Waals surface area contributed by atoms with Gasteiger partial charge in [0.1, 0.15) is 0 Å². The van der Waals surface area contributed by atoms with E-state index in [-0.39, 0.29) is 18.5 Å². The molecule has 0 aliphatic heterocycles. The first-order chi connectivity index (χ1) is 33.0. The van der Waals surface area contributed by atoms with Crippen LogP contribution in [0.15, 0.2) is 36.5 Å². The van der Waals surface area contributed by atoms with Gasteiger partial charge in [0.05, 0.1) is 25.4 Å². The molecular formula is C61H115NO5. The van der Waals surface area contributed by atoms with E-state index < -0.39 is 12.1 Å². The molecule has 1 amide bonds. The summed E-state index contributed by atoms with van der Waals surface area (Å²) in [6.45, 7) is 4.86. The summed E-state index contributed by atoms with van der Waals surface area (Å²) in [6.07, 6.45) is 70.2. The summed E-state index contributed by atoms with van der Waals surface area (Å²) in [5.74, 6) is -0.0737. The monoisotopic (exact) mass is 942 g/mol. The Balaban J connectivity index is 3.43. The molecule has 394 valence electrons. The standard InChI is InChI=1S/C61H115NO5/c1-3-5-7-9-11-13-15-17-19-26-29-33-37-41-45-49-53-59(64)58(57-63)62-60(65)54-50-46-42-38-34-30-27-24-22-20-21-23-25-28-32-36-40-44-48-52-56-67-61(66)55-51-47-43-39-35-31-18-16-14-12-10-8-6-4-2/h10,12,16,18,49,53,58-59,63-64H,3-9,11,13-15,17,19-48,50-52,54-57H2,1-2H3,(H,62,65)/b12-10-,18-16-,53-49+. The Morgan fingerprint density at radius 1 is 0.418 bits per heavy atom. The minimum Gasteiger partial charge on any atom is -0.466 e. The second-order valence-electron chi connectivity index (χ2n) is 20.3. The summed E-state index contributed by atoms with van der Waals surface area (Å²) < 4.78 is 5.47. The molecule has 2 unspecified atom stereocenters. The van der Waals surface area contributed by atoms with Gasteiger partial charge in [-0.15, -0.1) is 0 Å². The van der Waals surface area contributed by atoms with Gasteiger partial charge >= 0.3 is 5.97 Å². The largest absolute Gasteiger partial charge is 0.466 e. The summed E-state index contributed by atoms with van der Waals surface area (Å²) in [7, 11) is 0. The van der Waals surface area contributed by atoms with E-state index in [9.17, 15) is 19.8 Å². The van der Waals surface area contributed by atoms with E-state index in [2.05, 4.69) is 43.5 Å². The molecule has 2 atom stereocenters. The lowest BCUT2D eigenvalue weighted by Gasteiger charge is -2.20. The highest BCUT2D eigenvalue weighted by Crippen LogP contribution is 2.17. The molecule has 0 aliphatic carbocycles. The number of aliphatic hydroxyl groups is 2. The van der Waals surface area contributed by atoms with Gasteiger partial charge in [-0.05, 0) is 57.8 Å². The van der Waals surface area contributed by atoms with Gasteiger partial charge in [0.15, 0.2) is 0 Å². The summed E-state index contributed by atoms with van der Waals surface area (Å²) in [6, 6.07) is -0.630. The average molecular weight is 943 g/mol. The van der Waals surface area contributed by atoms with Crippen LogP contribution in [-0.2, 0) is 14.3 Å². The lowest BCUT2D eigenvalue weighted by molar-refractivity contribution is -0.143. The second-order valence-corrected chi connectivity index (χ2v) is 20.3. The van der Waals surface area contributed by atoms with Crippen LogP contribution in [-0.4, -0.2) is 47.4 Å². The van der Waals surface area contributed by atoms with Crippen molar-refractivity contribution in [1.82, 2.24) is 5.32 Å². The van der Waals surface area contributed by atoms with E-state index in [4.69, 9.17) is 4.74 Å². The van der Waals surface area contributed by atoms with E-state index in [1.54, 1.807) is 6.08 Å². The Morgan fingerprint density at radius 3 is 1.18 bits per heavy atom. The average Bonchev–Trinajstić information content (AvgIpc) is 3.33. The molecule has 0 saturated heterocycles. The van der Waals surface area contributed by atoms with Crippen LogP contribution in [0, 0.1) is 0 Å². The van der Waals surface area contributed by atoms with Crippen LogP contribution in [0.4, 0.5) is 0 Å². The van der Waals surface area contributed by atoms with Crippen LogP contribution in [0.25, 0.3) is 0 Å². The van der Waals surface area contributed by atoms with Crippen molar-refractivity contribution in [2.75, 3.05) is 13.2 Å². The predicted molar refractivity (Wildman–Crippen MR) is 292 cm³/mol. The van der Waals surface area contributed by atoms with Gasteiger partial charge in [-0.1, -0.05) is 281 Å². The fraction of sp³-hybridized carbons (Fsp3) is 0.869. The van der Waals surface area contributed by atoms with Crippen molar-refractivity contribution in [2.45, 2.75) is 328 Å². The molecule has 3 N–H and O–H groups in total. The molecule has 0 aliphatic rings. The van der Waals surface area contributed by atoms with Gasteiger partial charge in [0, 0.05) is 12.8 Å². The predicted octanol–water partition coefficient (Wildman–Crippen LogP) is 18.4. The topological polar surface area (TPSA) is 95.9 Å². The molecular weight excluding hydrogens is 827 g/mol. The molecule has 0 aromatic heterocycles. The molecule has 0 saturated carbocycles. The van der Waals surface area contributed by atoms with E-state index in [1.165, 1.54) is 238 Å². The molecule has 0 aromatic rings. The number of hydrogen-bond acceptors (Lipinski definition) is 5. The first-order valence-electron chi connectivity index (χ1n) is 29.8. The molecule has 0 rings (SSSR count). The van der Waals surface area contributed by atoms with Crippen molar-refractivity contribution in [1.29, 1.82) is 0 Å². The van der Waals surface area contributed by atoms with Crippen LogP contribution in [0.3, 0.4) is 0 Å². The number of carbonyl (C=O) groups excluding carboxylic acids is 2. The molecule has 6 heteroatoms. The van der Waals surface area contributed by atoms with Crippen molar-refractivity contribution in [3.8, 4) is 0 Å². The number of carbonyl (C=O) groups is 2. The minimum atomic E-state index is -0.846. The third-order valence-electron chi connectivity index (χ3n) is 13.7. The number of ether oxygens (including phenoxy) is 1. The van der Waals surface area contributed by atoms with Crippen molar-refractivity contribution in [3.05, 3.63) is 36.5 Å². The van der Waals surface area contributed by atoms with E-state index in [0.29, 0.717) is 19.4 Å². The second kappa shape index (κ2) is 56.7. The first-order valence-corrected chi connectivity index (χ1v) is 29.8. The lowest BCUT2D eigenvalue weighted by atomic mass is 10.0. The number of hydrogen-bond donors (Lipinski definition) is 3. The smallest absolute Gasteiger partial charge is 0.305 e. The normalized spacial score (nSPS) is 12.8. The maximum atomic E-state index is 12.5. The van der Waals surface area contributed by atoms with Gasteiger partial charge in [0.25, 0.3) is 0 Å². The van der Waals surface area contributed by atoms with Crippen molar-refractivity contribution >= 4 is 11.9 Å². The zero-order valence-electron chi connectivity index (χ0n) is 44.9. The van der Waals surface area contributed by atoms with Crippen molar-refractivity contribution < 1.29 is 24.5 Å². The zero-order valence-corrected chi connectivity index (χ0v) is 44.9. The molecule has 0 spiro atoms. The van der Waals surface area contributed by atoms with Crippen LogP contribution in [0.1, 0.15) is 316 Å². The Kier molecular flexibility index (Phi) is 55.0. The fourth-order valence-electron chi connectivity index (χ4n) is 9.06. The van der Waals surface area contributed by atoms with Gasteiger partial charge < -0.3 is 20.3 Å². The highest BCUT2D eigenvalue weighted by molar-refractivity contribution is 5.76. The Hall–Kier alpha value is -1.92. The summed E-state index contributed by atoms with van der Waals surface area (Å²) in [5.41, 5.74) is 0. The lowest BCUT2D eigenvalue weighted by Crippen LogP contribution is -2.45. The van der Waals surface area contributed by atoms with Gasteiger partial charge in [-0.2, -0.15) is 0 Å². The van der Waals surface area contributed by atoms with Crippen LogP contribution in [0.5, 0.6) is 0 Å². The third-order valence-corrected chi connectivity index (χ3v) is 13.7. The Labute approximate surface area is 417 Å². The number of allylic oxidation sites excluding steroid dienone is 5. The molecule has 0 aromatic carbocycles.